The maximum absolute atomic E-state index is 6.01. The number of aliphatic imine (C=N–C) groups is 1. The molecule has 0 aliphatic carbocycles. The fraction of sp³-hybridized carbons (Fsp3) is 0.500. The fourth-order valence-electron chi connectivity index (χ4n) is 2.73. The highest BCUT2D eigenvalue weighted by Crippen LogP contribution is 2.33. The molecule has 2 atom stereocenters. The van der Waals surface area contributed by atoms with Crippen LogP contribution in [0.4, 0.5) is 0 Å². The van der Waals surface area contributed by atoms with E-state index in [9.17, 15) is 0 Å². The van der Waals surface area contributed by atoms with Gasteiger partial charge in [-0.1, -0.05) is 36.3 Å². The molecule has 2 unspecified atom stereocenters. The second-order valence-corrected chi connectivity index (χ2v) is 5.38. The third kappa shape index (κ3) is 4.78. The van der Waals surface area contributed by atoms with Gasteiger partial charge in [-0.25, -0.2) is 0 Å². The number of nitrogens with one attached hydrogen (secondary N) is 2. The Morgan fingerprint density at radius 1 is 1.36 bits per heavy atom. The standard InChI is InChI=1S/C18H25N3O/c1-3-12-20-18(19-4-2)21-14-16-11-8-13-22-17(16)15-9-6-5-7-10-15/h1,5-7,9-10,16-17H,4,8,11-14H2,2H3,(H2,19,20,21). The van der Waals surface area contributed by atoms with Gasteiger partial charge in [-0.15, -0.1) is 6.42 Å². The minimum atomic E-state index is 0.134. The Balaban J connectivity index is 2.03. The Kier molecular flexibility index (Phi) is 6.79. The molecule has 1 aromatic rings. The lowest BCUT2D eigenvalue weighted by molar-refractivity contribution is -0.0250. The van der Waals surface area contributed by atoms with E-state index in [4.69, 9.17) is 11.2 Å². The second-order valence-electron chi connectivity index (χ2n) is 5.38. The van der Waals surface area contributed by atoms with Crippen molar-refractivity contribution in [2.75, 3.05) is 26.2 Å². The molecule has 1 fully saturated rings. The van der Waals surface area contributed by atoms with E-state index >= 15 is 0 Å². The molecule has 0 spiro atoms. The number of benzene rings is 1. The van der Waals surface area contributed by atoms with Gasteiger partial charge in [0.2, 0.25) is 0 Å². The van der Waals surface area contributed by atoms with Gasteiger partial charge in [0.15, 0.2) is 5.96 Å². The summed E-state index contributed by atoms with van der Waals surface area (Å²) in [4.78, 5) is 4.67. The smallest absolute Gasteiger partial charge is 0.192 e. The Labute approximate surface area is 133 Å². The maximum atomic E-state index is 6.01. The molecule has 1 aliphatic rings. The number of ether oxygens (including phenoxy) is 1. The van der Waals surface area contributed by atoms with E-state index in [1.807, 2.05) is 13.0 Å². The first kappa shape index (κ1) is 16.4. The summed E-state index contributed by atoms with van der Waals surface area (Å²) >= 11 is 0. The monoisotopic (exact) mass is 299 g/mol. The zero-order chi connectivity index (χ0) is 15.6. The molecule has 1 aliphatic heterocycles. The molecule has 4 nitrogen and oxygen atoms in total. The van der Waals surface area contributed by atoms with Gasteiger partial charge in [0, 0.05) is 25.6 Å². The Hall–Kier alpha value is -1.99. The number of rotatable bonds is 5. The van der Waals surface area contributed by atoms with Gasteiger partial charge in [-0.05, 0) is 25.3 Å². The average Bonchev–Trinajstić information content (AvgIpc) is 2.58. The summed E-state index contributed by atoms with van der Waals surface area (Å²) in [6, 6.07) is 10.4. The van der Waals surface area contributed by atoms with E-state index in [0.29, 0.717) is 12.5 Å². The first-order chi connectivity index (χ1) is 10.8. The Morgan fingerprint density at radius 3 is 2.91 bits per heavy atom. The van der Waals surface area contributed by atoms with Crippen molar-refractivity contribution in [1.82, 2.24) is 10.6 Å². The average molecular weight is 299 g/mol. The molecule has 0 saturated carbocycles. The van der Waals surface area contributed by atoms with Crippen LogP contribution in [0.2, 0.25) is 0 Å². The molecule has 0 bridgehead atoms. The van der Waals surface area contributed by atoms with E-state index in [-0.39, 0.29) is 6.10 Å². The highest BCUT2D eigenvalue weighted by atomic mass is 16.5. The van der Waals surface area contributed by atoms with Crippen molar-refractivity contribution in [2.24, 2.45) is 10.9 Å². The highest BCUT2D eigenvalue weighted by molar-refractivity contribution is 5.79. The van der Waals surface area contributed by atoms with Crippen molar-refractivity contribution in [2.45, 2.75) is 25.9 Å². The van der Waals surface area contributed by atoms with Crippen molar-refractivity contribution in [3.05, 3.63) is 35.9 Å². The SMILES string of the molecule is C#CCNC(=NCC1CCCOC1c1ccccc1)NCC. The summed E-state index contributed by atoms with van der Waals surface area (Å²) in [6.45, 7) is 4.91. The van der Waals surface area contributed by atoms with Crippen LogP contribution in [0.5, 0.6) is 0 Å². The van der Waals surface area contributed by atoms with E-state index in [1.165, 1.54) is 5.56 Å². The number of nitrogens with zero attached hydrogens (tertiary/aromatic N) is 1. The molecule has 0 radical (unpaired) electrons. The van der Waals surface area contributed by atoms with Crippen molar-refractivity contribution < 1.29 is 4.74 Å². The van der Waals surface area contributed by atoms with Crippen LogP contribution >= 0.6 is 0 Å². The Bertz CT molecular complexity index is 507. The van der Waals surface area contributed by atoms with E-state index < -0.39 is 0 Å². The predicted octanol–water partition coefficient (Wildman–Crippen LogP) is 2.34. The molecule has 22 heavy (non-hydrogen) atoms. The molecule has 2 N–H and O–H groups in total. The number of guanidine groups is 1. The zero-order valence-electron chi connectivity index (χ0n) is 13.2. The fourth-order valence-corrected chi connectivity index (χ4v) is 2.73. The molecular formula is C18H25N3O. The highest BCUT2D eigenvalue weighted by Gasteiger charge is 2.27. The molecule has 4 heteroatoms. The van der Waals surface area contributed by atoms with Gasteiger partial charge in [0.25, 0.3) is 0 Å². The molecule has 1 aromatic carbocycles. The quantitative estimate of drug-likeness (QED) is 0.498. The summed E-state index contributed by atoms with van der Waals surface area (Å²) in [5, 5.41) is 6.34. The molecule has 0 amide bonds. The third-order valence-electron chi connectivity index (χ3n) is 3.76. The lowest BCUT2D eigenvalue weighted by Crippen LogP contribution is -2.38. The Morgan fingerprint density at radius 2 is 2.18 bits per heavy atom. The first-order valence-corrected chi connectivity index (χ1v) is 7.97. The number of hydrogen-bond acceptors (Lipinski definition) is 2. The van der Waals surface area contributed by atoms with Gasteiger partial charge < -0.3 is 15.4 Å². The van der Waals surface area contributed by atoms with E-state index in [2.05, 4.69) is 45.8 Å². The second kappa shape index (κ2) is 9.11. The van der Waals surface area contributed by atoms with Crippen molar-refractivity contribution in [3.8, 4) is 12.3 Å². The van der Waals surface area contributed by atoms with E-state index in [1.54, 1.807) is 0 Å². The van der Waals surface area contributed by atoms with E-state index in [0.717, 1.165) is 38.5 Å². The topological polar surface area (TPSA) is 45.7 Å². The van der Waals surface area contributed by atoms with Crippen LogP contribution < -0.4 is 10.6 Å². The minimum absolute atomic E-state index is 0.134. The molecule has 0 aromatic heterocycles. The lowest BCUT2D eigenvalue weighted by atomic mass is 9.89. The van der Waals surface area contributed by atoms with Crippen LogP contribution in [0, 0.1) is 18.3 Å². The van der Waals surface area contributed by atoms with Gasteiger partial charge in [-0.3, -0.25) is 4.99 Å². The summed E-state index contributed by atoms with van der Waals surface area (Å²) in [6.07, 6.45) is 7.66. The van der Waals surface area contributed by atoms with Gasteiger partial charge >= 0.3 is 0 Å². The normalized spacial score (nSPS) is 21.9. The van der Waals surface area contributed by atoms with Crippen molar-refractivity contribution in [3.63, 3.8) is 0 Å². The van der Waals surface area contributed by atoms with Crippen LogP contribution in [-0.4, -0.2) is 32.2 Å². The summed E-state index contributed by atoms with van der Waals surface area (Å²) in [5.41, 5.74) is 1.24. The van der Waals surface area contributed by atoms with Gasteiger partial charge in [-0.2, -0.15) is 0 Å². The largest absolute Gasteiger partial charge is 0.373 e. The van der Waals surface area contributed by atoms with Crippen molar-refractivity contribution >= 4 is 5.96 Å². The summed E-state index contributed by atoms with van der Waals surface area (Å²) in [7, 11) is 0. The van der Waals surface area contributed by atoms with Gasteiger partial charge in [0.1, 0.15) is 0 Å². The van der Waals surface area contributed by atoms with Crippen LogP contribution in [0.3, 0.4) is 0 Å². The van der Waals surface area contributed by atoms with Crippen LogP contribution in [0.25, 0.3) is 0 Å². The lowest BCUT2D eigenvalue weighted by Gasteiger charge is -2.31. The predicted molar refractivity (Wildman–Crippen MR) is 90.7 cm³/mol. The summed E-state index contributed by atoms with van der Waals surface area (Å²) in [5.74, 6) is 3.75. The van der Waals surface area contributed by atoms with Crippen LogP contribution in [-0.2, 0) is 4.74 Å². The molecule has 1 saturated heterocycles. The molecular weight excluding hydrogens is 274 g/mol. The minimum Gasteiger partial charge on any atom is -0.373 e. The summed E-state index contributed by atoms with van der Waals surface area (Å²) < 4.78 is 6.01. The van der Waals surface area contributed by atoms with Gasteiger partial charge in [0.05, 0.1) is 12.6 Å². The van der Waals surface area contributed by atoms with Crippen LogP contribution in [0.1, 0.15) is 31.4 Å². The first-order valence-electron chi connectivity index (χ1n) is 7.97. The third-order valence-corrected chi connectivity index (χ3v) is 3.76. The van der Waals surface area contributed by atoms with Crippen LogP contribution in [0.15, 0.2) is 35.3 Å². The van der Waals surface area contributed by atoms with Crippen molar-refractivity contribution in [1.29, 1.82) is 0 Å². The molecule has 1 heterocycles. The maximum Gasteiger partial charge on any atom is 0.192 e. The number of terminal acetylenes is 1. The molecule has 118 valence electrons. The molecule has 2 rings (SSSR count). The zero-order valence-corrected chi connectivity index (χ0v) is 13.2. The number of hydrogen-bond donors (Lipinski definition) is 2.